The summed E-state index contributed by atoms with van der Waals surface area (Å²) in [6.07, 6.45) is 7.00. The monoisotopic (exact) mass is 321 g/mol. The van der Waals surface area contributed by atoms with Crippen LogP contribution in [0.5, 0.6) is 0 Å². The molecule has 2 unspecified atom stereocenters. The van der Waals surface area contributed by atoms with Gasteiger partial charge in [-0.25, -0.2) is 13.1 Å². The highest BCUT2D eigenvalue weighted by molar-refractivity contribution is 9.09. The number of nitrogens with one attached hydrogen (secondary N) is 1. The van der Waals surface area contributed by atoms with Crippen LogP contribution in [0.3, 0.4) is 0 Å². The molecule has 2 atom stereocenters. The van der Waals surface area contributed by atoms with Gasteiger partial charge >= 0.3 is 0 Å². The predicted octanol–water partition coefficient (Wildman–Crippen LogP) is 1.40. The van der Waals surface area contributed by atoms with Gasteiger partial charge in [0.1, 0.15) is 4.90 Å². The number of rotatable bonds is 3. The first-order valence-corrected chi connectivity index (χ1v) is 8.04. The molecule has 0 aromatic carbocycles. The summed E-state index contributed by atoms with van der Waals surface area (Å²) < 4.78 is 28.4. The molecule has 0 saturated heterocycles. The van der Waals surface area contributed by atoms with Crippen molar-refractivity contribution in [1.82, 2.24) is 14.5 Å². The lowest BCUT2D eigenvalue weighted by Crippen LogP contribution is -2.42. The largest absolute Gasteiger partial charge is 0.274 e. The number of aromatic nitrogens is 2. The third kappa shape index (κ3) is 3.08. The molecule has 7 heteroatoms. The number of hydrogen-bond donors (Lipinski definition) is 1. The zero-order valence-electron chi connectivity index (χ0n) is 9.63. The molecule has 1 heterocycles. The Morgan fingerprint density at radius 3 is 2.76 bits per heavy atom. The molecule has 96 valence electrons. The van der Waals surface area contributed by atoms with E-state index in [2.05, 4.69) is 25.8 Å². The Kier molecular flexibility index (Phi) is 3.89. The van der Waals surface area contributed by atoms with E-state index in [9.17, 15) is 8.42 Å². The average molecular weight is 322 g/mol. The third-order valence-corrected chi connectivity index (χ3v) is 5.52. The number of nitrogens with zero attached hydrogens (tertiary/aromatic N) is 2. The van der Waals surface area contributed by atoms with Crippen molar-refractivity contribution in [2.24, 2.45) is 7.05 Å². The fourth-order valence-corrected chi connectivity index (χ4v) is 4.21. The molecule has 17 heavy (non-hydrogen) atoms. The molecule has 1 N–H and O–H groups in total. The van der Waals surface area contributed by atoms with Gasteiger partial charge in [-0.15, -0.1) is 0 Å². The van der Waals surface area contributed by atoms with Crippen LogP contribution in [0.2, 0.25) is 0 Å². The maximum Gasteiger partial charge on any atom is 0.243 e. The maximum atomic E-state index is 12.1. The number of hydrogen-bond acceptors (Lipinski definition) is 3. The summed E-state index contributed by atoms with van der Waals surface area (Å²) in [5, 5.41) is 3.88. The molecule has 2 rings (SSSR count). The molecular formula is C10H16BrN3O2S. The van der Waals surface area contributed by atoms with E-state index in [0.717, 1.165) is 25.7 Å². The van der Waals surface area contributed by atoms with Crippen LogP contribution >= 0.6 is 15.9 Å². The van der Waals surface area contributed by atoms with Crippen molar-refractivity contribution in [2.75, 3.05) is 0 Å². The molecule has 1 fully saturated rings. The van der Waals surface area contributed by atoms with E-state index in [1.807, 2.05) is 0 Å². The number of aryl methyl sites for hydroxylation is 1. The van der Waals surface area contributed by atoms with E-state index in [0.29, 0.717) is 0 Å². The standard InChI is InChI=1S/C10H16BrN3O2S/c1-14-7-8(6-12-14)17(15,16)13-10-5-3-2-4-9(10)11/h6-7,9-10,13H,2-5H2,1H3. The van der Waals surface area contributed by atoms with Crippen molar-refractivity contribution in [3.8, 4) is 0 Å². The minimum Gasteiger partial charge on any atom is -0.274 e. The minimum atomic E-state index is -3.44. The Morgan fingerprint density at radius 1 is 1.47 bits per heavy atom. The molecule has 0 bridgehead atoms. The molecule has 0 aliphatic heterocycles. The SMILES string of the molecule is Cn1cc(S(=O)(=O)NC2CCCCC2Br)cn1. The summed E-state index contributed by atoms with van der Waals surface area (Å²) >= 11 is 3.54. The van der Waals surface area contributed by atoms with Gasteiger partial charge in [0.2, 0.25) is 10.0 Å². The first-order valence-electron chi connectivity index (χ1n) is 5.64. The Labute approximate surface area is 110 Å². The van der Waals surface area contributed by atoms with E-state index in [-0.39, 0.29) is 15.8 Å². The van der Waals surface area contributed by atoms with Crippen LogP contribution in [-0.2, 0) is 17.1 Å². The Balaban J connectivity index is 2.11. The van der Waals surface area contributed by atoms with Gasteiger partial charge in [-0.2, -0.15) is 5.10 Å². The minimum absolute atomic E-state index is 0.0195. The first-order chi connectivity index (χ1) is 7.99. The molecule has 1 aromatic heterocycles. The van der Waals surface area contributed by atoms with E-state index >= 15 is 0 Å². The molecule has 1 aliphatic rings. The van der Waals surface area contributed by atoms with E-state index in [4.69, 9.17) is 0 Å². The molecule has 5 nitrogen and oxygen atoms in total. The highest BCUT2D eigenvalue weighted by Gasteiger charge is 2.28. The zero-order chi connectivity index (χ0) is 12.5. The van der Waals surface area contributed by atoms with Crippen LogP contribution in [0.4, 0.5) is 0 Å². The van der Waals surface area contributed by atoms with Crippen LogP contribution in [0, 0.1) is 0 Å². The topological polar surface area (TPSA) is 64.0 Å². The van der Waals surface area contributed by atoms with E-state index < -0.39 is 10.0 Å². The molecule has 1 aliphatic carbocycles. The maximum absolute atomic E-state index is 12.1. The highest BCUT2D eigenvalue weighted by Crippen LogP contribution is 2.25. The molecule has 0 spiro atoms. The predicted molar refractivity (Wildman–Crippen MR) is 68.5 cm³/mol. The fraction of sp³-hybridized carbons (Fsp3) is 0.700. The van der Waals surface area contributed by atoms with Gasteiger partial charge in [0.15, 0.2) is 0 Å². The summed E-state index contributed by atoms with van der Waals surface area (Å²) in [5.74, 6) is 0. The Hall–Kier alpha value is -0.400. The van der Waals surface area contributed by atoms with Gasteiger partial charge in [0.05, 0.1) is 6.20 Å². The van der Waals surface area contributed by atoms with Gasteiger partial charge in [-0.1, -0.05) is 28.8 Å². The van der Waals surface area contributed by atoms with Crippen LogP contribution in [0.25, 0.3) is 0 Å². The number of alkyl halides is 1. The third-order valence-electron chi connectivity index (χ3n) is 2.98. The van der Waals surface area contributed by atoms with Crippen LogP contribution in [-0.4, -0.2) is 29.1 Å². The summed E-state index contributed by atoms with van der Waals surface area (Å²) in [7, 11) is -1.73. The highest BCUT2D eigenvalue weighted by atomic mass is 79.9. The van der Waals surface area contributed by atoms with Crippen molar-refractivity contribution in [1.29, 1.82) is 0 Å². The summed E-state index contributed by atoms with van der Waals surface area (Å²) in [6, 6.07) is -0.0195. The zero-order valence-corrected chi connectivity index (χ0v) is 12.0. The van der Waals surface area contributed by atoms with Crippen LogP contribution < -0.4 is 4.72 Å². The van der Waals surface area contributed by atoms with E-state index in [1.165, 1.54) is 17.1 Å². The smallest absolute Gasteiger partial charge is 0.243 e. The molecule has 0 radical (unpaired) electrons. The van der Waals surface area contributed by atoms with Crippen molar-refractivity contribution in [2.45, 2.75) is 41.4 Å². The Bertz CT molecular complexity index is 485. The lowest BCUT2D eigenvalue weighted by molar-refractivity contribution is 0.427. The second-order valence-electron chi connectivity index (χ2n) is 4.38. The second kappa shape index (κ2) is 5.07. The summed E-state index contributed by atoms with van der Waals surface area (Å²) in [5.41, 5.74) is 0. The quantitative estimate of drug-likeness (QED) is 0.856. The fourth-order valence-electron chi connectivity index (χ4n) is 2.02. The van der Waals surface area contributed by atoms with Crippen molar-refractivity contribution in [3.63, 3.8) is 0 Å². The summed E-state index contributed by atoms with van der Waals surface area (Å²) in [4.78, 5) is 0.452. The molecule has 1 saturated carbocycles. The van der Waals surface area contributed by atoms with Gasteiger partial charge in [0, 0.05) is 24.1 Å². The second-order valence-corrected chi connectivity index (χ2v) is 7.27. The summed E-state index contributed by atoms with van der Waals surface area (Å²) in [6.45, 7) is 0. The van der Waals surface area contributed by atoms with Crippen molar-refractivity contribution < 1.29 is 8.42 Å². The average Bonchev–Trinajstić information content (AvgIpc) is 2.69. The lowest BCUT2D eigenvalue weighted by atomic mass is 9.96. The van der Waals surface area contributed by atoms with Gasteiger partial charge in [0.25, 0.3) is 0 Å². The van der Waals surface area contributed by atoms with Crippen LogP contribution in [0.1, 0.15) is 25.7 Å². The Morgan fingerprint density at radius 2 is 2.18 bits per heavy atom. The van der Waals surface area contributed by atoms with Crippen molar-refractivity contribution in [3.05, 3.63) is 12.4 Å². The molecular weight excluding hydrogens is 306 g/mol. The first kappa shape index (κ1) is 13.0. The van der Waals surface area contributed by atoms with Crippen LogP contribution in [0.15, 0.2) is 17.3 Å². The van der Waals surface area contributed by atoms with E-state index in [1.54, 1.807) is 7.05 Å². The van der Waals surface area contributed by atoms with Gasteiger partial charge in [-0.05, 0) is 12.8 Å². The van der Waals surface area contributed by atoms with Crippen molar-refractivity contribution >= 4 is 26.0 Å². The molecule has 0 amide bonds. The number of sulfonamides is 1. The normalized spacial score (nSPS) is 26.0. The molecule has 1 aromatic rings. The lowest BCUT2D eigenvalue weighted by Gasteiger charge is -2.27. The number of halogens is 1. The van der Waals surface area contributed by atoms with Gasteiger partial charge in [-0.3, -0.25) is 4.68 Å². The van der Waals surface area contributed by atoms with Gasteiger partial charge < -0.3 is 0 Å².